The third-order valence-corrected chi connectivity index (χ3v) is 6.78. The Balaban J connectivity index is 1.84. The number of carbonyl (C=O) groups excluding carboxylic acids is 2. The maximum absolute atomic E-state index is 13.6. The number of esters is 1. The summed E-state index contributed by atoms with van der Waals surface area (Å²) in [7, 11) is 1.43. The van der Waals surface area contributed by atoms with Gasteiger partial charge in [0, 0.05) is 29.3 Å². The van der Waals surface area contributed by atoms with Gasteiger partial charge in [0.2, 0.25) is 0 Å². The summed E-state index contributed by atoms with van der Waals surface area (Å²) < 4.78 is 10.8. The van der Waals surface area contributed by atoms with Gasteiger partial charge in [0.1, 0.15) is 5.92 Å². The van der Waals surface area contributed by atoms with Crippen LogP contribution >= 0.6 is 11.6 Å². The molecular formula is C27H28ClNO5. The number of nitrogens with zero attached hydrogens (tertiary/aromatic N) is 1. The van der Waals surface area contributed by atoms with Gasteiger partial charge in [0.15, 0.2) is 17.3 Å². The van der Waals surface area contributed by atoms with Crippen molar-refractivity contribution < 1.29 is 24.2 Å². The van der Waals surface area contributed by atoms with E-state index in [1.165, 1.54) is 7.11 Å². The molecule has 4 rings (SSSR count). The molecule has 1 heterocycles. The van der Waals surface area contributed by atoms with E-state index in [9.17, 15) is 14.7 Å². The number of hydrogen-bond donors (Lipinski definition) is 1. The average molecular weight is 482 g/mol. The standard InChI is InChI=1S/C27H28ClNO5/c1-4-10-34-27(32)23-15(2)29-20-12-17(16-8-6-5-7-9-16)13-21(30)25(20)24(23)18-11-19(28)26(31)22(14-18)33-3/h5-9,11,14,17,23-24,31H,4,10,12-13H2,1-3H3/t17-,23?,24+/m0/s1. The molecule has 1 aliphatic carbocycles. The van der Waals surface area contributed by atoms with Crippen molar-refractivity contribution in [3.8, 4) is 11.5 Å². The molecule has 2 aromatic carbocycles. The van der Waals surface area contributed by atoms with Gasteiger partial charge in [-0.3, -0.25) is 14.6 Å². The smallest absolute Gasteiger partial charge is 0.315 e. The molecule has 1 unspecified atom stereocenters. The summed E-state index contributed by atoms with van der Waals surface area (Å²) >= 11 is 6.30. The Hall–Kier alpha value is -3.12. The number of ketones is 1. The number of hydrogen-bond acceptors (Lipinski definition) is 6. The number of aromatic hydroxyl groups is 1. The monoisotopic (exact) mass is 481 g/mol. The lowest BCUT2D eigenvalue weighted by molar-refractivity contribution is -0.146. The van der Waals surface area contributed by atoms with Gasteiger partial charge in [-0.05, 0) is 48.9 Å². The van der Waals surface area contributed by atoms with Crippen molar-refractivity contribution in [2.75, 3.05) is 13.7 Å². The van der Waals surface area contributed by atoms with Crippen molar-refractivity contribution in [3.63, 3.8) is 0 Å². The van der Waals surface area contributed by atoms with Crippen LogP contribution in [0.5, 0.6) is 11.5 Å². The molecule has 0 spiro atoms. The summed E-state index contributed by atoms with van der Waals surface area (Å²) in [6.07, 6.45) is 1.61. The quantitative estimate of drug-likeness (QED) is 0.544. The summed E-state index contributed by atoms with van der Waals surface area (Å²) in [4.78, 5) is 31.5. The number of Topliss-reactive ketones (excluding diaryl/α,β-unsaturated/α-hetero) is 1. The summed E-state index contributed by atoms with van der Waals surface area (Å²) in [5, 5.41) is 10.3. The maximum Gasteiger partial charge on any atom is 0.315 e. The largest absolute Gasteiger partial charge is 0.503 e. The van der Waals surface area contributed by atoms with Gasteiger partial charge in [-0.25, -0.2) is 0 Å². The lowest BCUT2D eigenvalue weighted by Crippen LogP contribution is -2.38. The molecule has 1 N–H and O–H groups in total. The fourth-order valence-corrected chi connectivity index (χ4v) is 5.13. The topological polar surface area (TPSA) is 85.2 Å². The first kappa shape index (κ1) is 24.0. The van der Waals surface area contributed by atoms with Gasteiger partial charge in [0.05, 0.1) is 18.7 Å². The number of benzene rings is 2. The van der Waals surface area contributed by atoms with Gasteiger partial charge < -0.3 is 14.6 Å². The van der Waals surface area contributed by atoms with Crippen LogP contribution in [0.1, 0.15) is 56.1 Å². The van der Waals surface area contributed by atoms with Crippen molar-refractivity contribution in [3.05, 3.63) is 69.9 Å². The second kappa shape index (κ2) is 10.0. The van der Waals surface area contributed by atoms with Crippen LogP contribution in [-0.4, -0.2) is 36.3 Å². The Labute approximate surface area is 204 Å². The first-order valence-electron chi connectivity index (χ1n) is 11.4. The third-order valence-electron chi connectivity index (χ3n) is 6.49. The summed E-state index contributed by atoms with van der Waals surface area (Å²) in [5.41, 5.74) is 3.49. The van der Waals surface area contributed by atoms with E-state index in [0.29, 0.717) is 41.8 Å². The number of rotatable bonds is 6. The van der Waals surface area contributed by atoms with Gasteiger partial charge in [0.25, 0.3) is 0 Å². The Morgan fingerprint density at radius 3 is 2.59 bits per heavy atom. The predicted octanol–water partition coefficient (Wildman–Crippen LogP) is 5.58. The van der Waals surface area contributed by atoms with Gasteiger partial charge in [-0.2, -0.15) is 0 Å². The number of ether oxygens (including phenoxy) is 2. The molecule has 6 nitrogen and oxygen atoms in total. The summed E-state index contributed by atoms with van der Waals surface area (Å²) in [6.45, 7) is 4.00. The first-order chi connectivity index (χ1) is 16.3. The molecule has 0 amide bonds. The van der Waals surface area contributed by atoms with Crippen molar-refractivity contribution in [1.29, 1.82) is 0 Å². The lowest BCUT2D eigenvalue weighted by atomic mass is 9.69. The molecule has 0 radical (unpaired) electrons. The number of allylic oxidation sites excluding steroid dienone is 2. The molecular weight excluding hydrogens is 454 g/mol. The van der Waals surface area contributed by atoms with E-state index >= 15 is 0 Å². The van der Waals surface area contributed by atoms with Gasteiger partial charge in [-0.15, -0.1) is 0 Å². The molecule has 2 aliphatic rings. The van der Waals surface area contributed by atoms with E-state index in [1.54, 1.807) is 19.1 Å². The van der Waals surface area contributed by atoms with E-state index in [0.717, 1.165) is 5.56 Å². The number of methoxy groups -OCH3 is 1. The van der Waals surface area contributed by atoms with Crippen LogP contribution in [0.15, 0.2) is 58.7 Å². The molecule has 0 aromatic heterocycles. The first-order valence-corrected chi connectivity index (χ1v) is 11.8. The minimum absolute atomic E-state index is 0.0196. The number of phenolic OH excluding ortho intramolecular Hbond substituents is 1. The fraction of sp³-hybridized carbons (Fsp3) is 0.370. The van der Waals surface area contributed by atoms with Crippen molar-refractivity contribution in [2.45, 2.75) is 44.9 Å². The maximum atomic E-state index is 13.6. The molecule has 3 atom stereocenters. The highest BCUT2D eigenvalue weighted by molar-refractivity contribution is 6.32. The van der Waals surface area contributed by atoms with Crippen LogP contribution in [0, 0.1) is 5.92 Å². The number of phenols is 1. The van der Waals surface area contributed by atoms with E-state index in [1.807, 2.05) is 37.3 Å². The average Bonchev–Trinajstić information content (AvgIpc) is 2.83. The molecule has 0 saturated heterocycles. The number of carbonyl (C=O) groups is 2. The van der Waals surface area contributed by atoms with Gasteiger partial charge in [-0.1, -0.05) is 48.9 Å². The molecule has 0 bridgehead atoms. The Morgan fingerprint density at radius 2 is 1.91 bits per heavy atom. The number of aliphatic imine (C=N–C) groups is 1. The Morgan fingerprint density at radius 1 is 1.18 bits per heavy atom. The normalized spacial score (nSPS) is 22.2. The minimum Gasteiger partial charge on any atom is -0.503 e. The van der Waals surface area contributed by atoms with Crippen LogP contribution in [0.25, 0.3) is 0 Å². The van der Waals surface area contributed by atoms with Crippen molar-refractivity contribution >= 4 is 29.1 Å². The SMILES string of the molecule is CCCOC(=O)C1C(C)=NC2=C(C(=O)C[C@@H](c3ccccc3)C2)[C@@H]1c1cc(Cl)c(O)c(OC)c1. The third kappa shape index (κ3) is 4.47. The van der Waals surface area contributed by atoms with Crippen LogP contribution in [0.3, 0.4) is 0 Å². The van der Waals surface area contributed by atoms with Crippen LogP contribution < -0.4 is 4.74 Å². The van der Waals surface area contributed by atoms with E-state index in [2.05, 4.69) is 0 Å². The minimum atomic E-state index is -0.771. The van der Waals surface area contributed by atoms with Crippen LogP contribution in [-0.2, 0) is 14.3 Å². The zero-order valence-electron chi connectivity index (χ0n) is 19.5. The van der Waals surface area contributed by atoms with Crippen LogP contribution in [0.4, 0.5) is 0 Å². The van der Waals surface area contributed by atoms with Gasteiger partial charge >= 0.3 is 5.97 Å². The highest BCUT2D eigenvalue weighted by atomic mass is 35.5. The van der Waals surface area contributed by atoms with E-state index < -0.39 is 17.8 Å². The summed E-state index contributed by atoms with van der Waals surface area (Å²) in [6, 6.07) is 13.1. The molecule has 0 fully saturated rings. The number of halogens is 1. The molecule has 0 saturated carbocycles. The molecule has 1 aliphatic heterocycles. The molecule has 7 heteroatoms. The highest BCUT2D eigenvalue weighted by Gasteiger charge is 2.45. The van der Waals surface area contributed by atoms with Crippen LogP contribution in [0.2, 0.25) is 5.02 Å². The highest BCUT2D eigenvalue weighted by Crippen LogP contribution is 2.49. The van der Waals surface area contributed by atoms with Crippen molar-refractivity contribution in [1.82, 2.24) is 0 Å². The van der Waals surface area contributed by atoms with Crippen molar-refractivity contribution in [2.24, 2.45) is 10.9 Å². The Kier molecular flexibility index (Phi) is 7.08. The molecule has 2 aromatic rings. The zero-order valence-corrected chi connectivity index (χ0v) is 20.3. The predicted molar refractivity (Wildman–Crippen MR) is 131 cm³/mol. The Bertz CT molecular complexity index is 1170. The molecule has 178 valence electrons. The molecule has 34 heavy (non-hydrogen) atoms. The summed E-state index contributed by atoms with van der Waals surface area (Å²) in [5.74, 6) is -1.87. The fourth-order valence-electron chi connectivity index (χ4n) is 4.91. The zero-order chi connectivity index (χ0) is 24.4. The van der Waals surface area contributed by atoms with E-state index in [4.69, 9.17) is 26.1 Å². The second-order valence-corrected chi connectivity index (χ2v) is 9.14. The second-order valence-electron chi connectivity index (χ2n) is 8.73. The lowest BCUT2D eigenvalue weighted by Gasteiger charge is -2.36. The van der Waals surface area contributed by atoms with E-state index in [-0.39, 0.29) is 34.8 Å².